The van der Waals surface area contributed by atoms with Gasteiger partial charge in [-0.1, -0.05) is 17.3 Å². The van der Waals surface area contributed by atoms with Crippen molar-refractivity contribution in [2.75, 3.05) is 5.32 Å². The van der Waals surface area contributed by atoms with E-state index in [-0.39, 0.29) is 24.1 Å². The number of amides is 4. The SMILES string of the molecule is CC(=O)Nc1ccc(-c2cn(-c3ccc4c(c3)CN(C3CCC(=O)NC3=O)C4=O)nn2)cc1. The second-order valence-electron chi connectivity index (χ2n) is 8.05. The summed E-state index contributed by atoms with van der Waals surface area (Å²) < 4.78 is 1.62. The van der Waals surface area contributed by atoms with Crippen LogP contribution in [0.1, 0.15) is 35.7 Å². The van der Waals surface area contributed by atoms with Crippen molar-refractivity contribution in [3.8, 4) is 16.9 Å². The average molecular weight is 444 g/mol. The maximum absolute atomic E-state index is 12.9. The van der Waals surface area contributed by atoms with Gasteiger partial charge in [0.15, 0.2) is 0 Å². The Labute approximate surface area is 188 Å². The monoisotopic (exact) mass is 444 g/mol. The highest BCUT2D eigenvalue weighted by Crippen LogP contribution is 2.29. The van der Waals surface area contributed by atoms with E-state index in [1.165, 1.54) is 11.8 Å². The second kappa shape index (κ2) is 7.97. The van der Waals surface area contributed by atoms with Crippen molar-refractivity contribution < 1.29 is 19.2 Å². The number of hydrogen-bond donors (Lipinski definition) is 2. The van der Waals surface area contributed by atoms with E-state index >= 15 is 0 Å². The van der Waals surface area contributed by atoms with Gasteiger partial charge < -0.3 is 10.2 Å². The maximum Gasteiger partial charge on any atom is 0.255 e. The Morgan fingerprint density at radius 3 is 2.64 bits per heavy atom. The van der Waals surface area contributed by atoms with Crippen molar-refractivity contribution in [1.29, 1.82) is 0 Å². The normalized spacial score (nSPS) is 17.7. The topological polar surface area (TPSA) is 126 Å². The van der Waals surface area contributed by atoms with E-state index in [1.54, 1.807) is 35.1 Å². The van der Waals surface area contributed by atoms with E-state index in [0.717, 1.165) is 16.8 Å². The molecule has 166 valence electrons. The molecule has 1 unspecified atom stereocenters. The molecule has 1 atom stereocenters. The van der Waals surface area contributed by atoms with Gasteiger partial charge in [0.2, 0.25) is 17.7 Å². The quantitative estimate of drug-likeness (QED) is 0.590. The molecule has 10 heteroatoms. The predicted molar refractivity (Wildman–Crippen MR) is 117 cm³/mol. The number of piperidine rings is 1. The number of carbonyl (C=O) groups is 4. The van der Waals surface area contributed by atoms with Crippen LogP contribution in [-0.4, -0.2) is 49.6 Å². The second-order valence-corrected chi connectivity index (χ2v) is 8.05. The number of benzene rings is 2. The zero-order valence-electron chi connectivity index (χ0n) is 17.7. The summed E-state index contributed by atoms with van der Waals surface area (Å²) in [7, 11) is 0. The highest BCUT2D eigenvalue weighted by molar-refractivity contribution is 6.05. The Bertz CT molecular complexity index is 1300. The fraction of sp³-hybridized carbons (Fsp3) is 0.217. The van der Waals surface area contributed by atoms with Gasteiger partial charge in [-0.2, -0.15) is 0 Å². The third-order valence-corrected chi connectivity index (χ3v) is 5.77. The lowest BCUT2D eigenvalue weighted by atomic mass is 10.0. The highest BCUT2D eigenvalue weighted by Gasteiger charge is 2.39. The summed E-state index contributed by atoms with van der Waals surface area (Å²) in [6, 6.07) is 12.0. The molecule has 1 aromatic heterocycles. The van der Waals surface area contributed by atoms with Gasteiger partial charge in [0.25, 0.3) is 5.91 Å². The fourth-order valence-corrected chi connectivity index (χ4v) is 4.15. The van der Waals surface area contributed by atoms with Gasteiger partial charge in [-0.15, -0.1) is 5.10 Å². The number of fused-ring (bicyclic) bond motifs is 1. The Morgan fingerprint density at radius 2 is 1.91 bits per heavy atom. The van der Waals surface area contributed by atoms with E-state index in [4.69, 9.17) is 0 Å². The molecule has 2 aliphatic heterocycles. The van der Waals surface area contributed by atoms with Crippen molar-refractivity contribution in [3.05, 3.63) is 59.8 Å². The zero-order chi connectivity index (χ0) is 23.1. The number of hydrogen-bond acceptors (Lipinski definition) is 6. The zero-order valence-corrected chi connectivity index (χ0v) is 17.7. The highest BCUT2D eigenvalue weighted by atomic mass is 16.2. The number of rotatable bonds is 4. The summed E-state index contributed by atoms with van der Waals surface area (Å²) in [5.41, 5.74) is 4.26. The summed E-state index contributed by atoms with van der Waals surface area (Å²) in [5.74, 6) is -1.10. The van der Waals surface area contributed by atoms with Crippen LogP contribution in [0.25, 0.3) is 16.9 Å². The van der Waals surface area contributed by atoms with Gasteiger partial charge in [-0.05, 0) is 42.3 Å². The van der Waals surface area contributed by atoms with Gasteiger partial charge in [0.05, 0.1) is 11.9 Å². The summed E-state index contributed by atoms with van der Waals surface area (Å²) in [4.78, 5) is 49.2. The van der Waals surface area contributed by atoms with Crippen LogP contribution in [0.5, 0.6) is 0 Å². The minimum absolute atomic E-state index is 0.139. The molecule has 2 aromatic carbocycles. The third-order valence-electron chi connectivity index (χ3n) is 5.77. The van der Waals surface area contributed by atoms with E-state index < -0.39 is 11.9 Å². The lowest BCUT2D eigenvalue weighted by molar-refractivity contribution is -0.137. The van der Waals surface area contributed by atoms with Crippen LogP contribution >= 0.6 is 0 Å². The van der Waals surface area contributed by atoms with Crippen molar-refractivity contribution in [1.82, 2.24) is 25.2 Å². The predicted octanol–water partition coefficient (Wildman–Crippen LogP) is 1.65. The Balaban J connectivity index is 1.36. The van der Waals surface area contributed by atoms with Crippen molar-refractivity contribution >= 4 is 29.3 Å². The molecule has 4 amide bonds. The van der Waals surface area contributed by atoms with Crippen molar-refractivity contribution in [3.63, 3.8) is 0 Å². The summed E-state index contributed by atoms with van der Waals surface area (Å²) in [6.07, 6.45) is 2.32. The van der Waals surface area contributed by atoms with Crippen LogP contribution in [0.2, 0.25) is 0 Å². The van der Waals surface area contributed by atoms with Crippen molar-refractivity contribution in [2.45, 2.75) is 32.4 Å². The van der Waals surface area contributed by atoms with Crippen molar-refractivity contribution in [2.24, 2.45) is 0 Å². The minimum Gasteiger partial charge on any atom is -0.326 e. The van der Waals surface area contributed by atoms with E-state index in [2.05, 4.69) is 20.9 Å². The number of nitrogens with zero attached hydrogens (tertiary/aromatic N) is 4. The van der Waals surface area contributed by atoms with E-state index in [0.29, 0.717) is 29.9 Å². The van der Waals surface area contributed by atoms with Gasteiger partial charge >= 0.3 is 0 Å². The summed E-state index contributed by atoms with van der Waals surface area (Å²) >= 11 is 0. The van der Waals surface area contributed by atoms with Crippen LogP contribution in [0.4, 0.5) is 5.69 Å². The molecule has 2 N–H and O–H groups in total. The summed E-state index contributed by atoms with van der Waals surface area (Å²) in [6.45, 7) is 1.74. The molecule has 5 rings (SSSR count). The van der Waals surface area contributed by atoms with Gasteiger partial charge in [-0.3, -0.25) is 24.5 Å². The first-order valence-electron chi connectivity index (χ1n) is 10.5. The number of anilines is 1. The molecule has 0 saturated carbocycles. The van der Waals surface area contributed by atoms with Crippen LogP contribution in [0.15, 0.2) is 48.7 Å². The first kappa shape index (κ1) is 20.6. The molecule has 1 fully saturated rings. The molecule has 0 spiro atoms. The minimum atomic E-state index is -0.649. The number of nitrogens with one attached hydrogen (secondary N) is 2. The Morgan fingerprint density at radius 1 is 1.12 bits per heavy atom. The molecule has 3 heterocycles. The van der Waals surface area contributed by atoms with E-state index in [9.17, 15) is 19.2 Å². The maximum atomic E-state index is 12.9. The molecule has 2 aliphatic rings. The molecular formula is C23H20N6O4. The van der Waals surface area contributed by atoms with Gasteiger partial charge in [-0.25, -0.2) is 4.68 Å². The number of carbonyl (C=O) groups excluding carboxylic acids is 4. The van der Waals surface area contributed by atoms with Gasteiger partial charge in [0, 0.05) is 36.7 Å². The number of aromatic nitrogens is 3. The van der Waals surface area contributed by atoms with Crippen LogP contribution < -0.4 is 10.6 Å². The molecule has 3 aromatic rings. The lowest BCUT2D eigenvalue weighted by Gasteiger charge is -2.29. The molecule has 1 saturated heterocycles. The fourth-order valence-electron chi connectivity index (χ4n) is 4.15. The Kier molecular flexibility index (Phi) is 4.97. The number of imide groups is 1. The Hall–Kier alpha value is -4.34. The lowest BCUT2D eigenvalue weighted by Crippen LogP contribution is -2.52. The first-order chi connectivity index (χ1) is 15.9. The molecule has 33 heavy (non-hydrogen) atoms. The summed E-state index contributed by atoms with van der Waals surface area (Å²) in [5, 5.41) is 13.5. The molecule has 0 aliphatic carbocycles. The van der Waals surface area contributed by atoms with Crippen LogP contribution in [-0.2, 0) is 20.9 Å². The molecule has 0 radical (unpaired) electrons. The van der Waals surface area contributed by atoms with Gasteiger partial charge in [0.1, 0.15) is 11.7 Å². The molecular weight excluding hydrogens is 424 g/mol. The smallest absolute Gasteiger partial charge is 0.255 e. The van der Waals surface area contributed by atoms with Crippen LogP contribution in [0, 0.1) is 0 Å². The molecule has 10 nitrogen and oxygen atoms in total. The van der Waals surface area contributed by atoms with Crippen LogP contribution in [0.3, 0.4) is 0 Å². The average Bonchev–Trinajstić information content (AvgIpc) is 3.39. The first-order valence-corrected chi connectivity index (χ1v) is 10.5. The molecule has 0 bridgehead atoms. The largest absolute Gasteiger partial charge is 0.326 e. The standard InChI is InChI=1S/C23H20N6O4/c1-13(30)24-16-4-2-14(3-5-16)19-12-29(27-26-19)17-6-7-18-15(10-17)11-28(23(18)33)20-8-9-21(31)25-22(20)32/h2-7,10,12,20H,8-9,11H2,1H3,(H,24,30)(H,25,31,32). The van der Waals surface area contributed by atoms with E-state index in [1.807, 2.05) is 18.2 Å². The third kappa shape index (κ3) is 3.86.